The van der Waals surface area contributed by atoms with E-state index < -0.39 is 0 Å². The summed E-state index contributed by atoms with van der Waals surface area (Å²) in [5.74, 6) is 0. The molecule has 1 N–H and O–H groups in total. The predicted molar refractivity (Wildman–Crippen MR) is 67.4 cm³/mol. The number of nitrogens with zero attached hydrogens (tertiary/aromatic N) is 1. The molecule has 0 radical (unpaired) electrons. The van der Waals surface area contributed by atoms with E-state index in [1.807, 2.05) is 6.08 Å². The molecule has 3 heteroatoms. The Morgan fingerprint density at radius 1 is 1.44 bits per heavy atom. The van der Waals surface area contributed by atoms with Gasteiger partial charge in [0.2, 0.25) is 0 Å². The highest BCUT2D eigenvalue weighted by Crippen LogP contribution is 2.18. The monoisotopic (exact) mass is 216 g/mol. The summed E-state index contributed by atoms with van der Waals surface area (Å²) in [7, 11) is 0. The maximum absolute atomic E-state index is 10.5. The first-order valence-corrected chi connectivity index (χ1v) is 5.47. The molecule has 0 saturated heterocycles. The molecule has 84 valence electrons. The second-order valence-corrected chi connectivity index (χ2v) is 3.57. The number of hydrogen-bond donors (Lipinski definition) is 1. The van der Waals surface area contributed by atoms with E-state index in [-0.39, 0.29) is 0 Å². The van der Waals surface area contributed by atoms with Gasteiger partial charge in [-0.3, -0.25) is 0 Å². The molecule has 0 spiro atoms. The highest BCUT2D eigenvalue weighted by molar-refractivity contribution is 6.09. The van der Waals surface area contributed by atoms with E-state index in [1.54, 1.807) is 30.3 Å². The van der Waals surface area contributed by atoms with Gasteiger partial charge in [0.05, 0.1) is 5.71 Å². The molecule has 0 unspecified atom stereocenters. The molecule has 1 rings (SSSR count). The maximum atomic E-state index is 10.5. The summed E-state index contributed by atoms with van der Waals surface area (Å²) in [5.41, 5.74) is 1.25. The van der Waals surface area contributed by atoms with Gasteiger partial charge in [-0.1, -0.05) is 44.0 Å². The largest absolute Gasteiger partial charge is 0.300 e. The zero-order chi connectivity index (χ0) is 11.8. The number of nitroso groups, excluding NO2 is 1. The molecule has 0 bridgehead atoms. The van der Waals surface area contributed by atoms with Crippen LogP contribution in [-0.4, -0.2) is 5.71 Å². The van der Waals surface area contributed by atoms with Crippen LogP contribution in [0.4, 0.5) is 5.69 Å². The van der Waals surface area contributed by atoms with Crippen molar-refractivity contribution in [3.8, 4) is 0 Å². The third-order valence-corrected chi connectivity index (χ3v) is 2.30. The Kier molecular flexibility index (Phi) is 5.12. The molecule has 0 aliphatic carbocycles. The summed E-state index contributed by atoms with van der Waals surface area (Å²) < 4.78 is 0. The molecule has 0 atom stereocenters. The van der Waals surface area contributed by atoms with Crippen molar-refractivity contribution in [3.05, 3.63) is 46.9 Å². The number of unbranched alkanes of at least 4 members (excludes halogenated alkanes) is 2. The first kappa shape index (κ1) is 12.3. The predicted octanol–water partition coefficient (Wildman–Crippen LogP) is 4.20. The van der Waals surface area contributed by atoms with Gasteiger partial charge in [-0.25, -0.2) is 0 Å². The van der Waals surface area contributed by atoms with Crippen molar-refractivity contribution in [1.82, 2.24) is 0 Å². The molecule has 0 saturated carbocycles. The summed E-state index contributed by atoms with van der Waals surface area (Å²) in [6.07, 6.45) is 6.93. The van der Waals surface area contributed by atoms with E-state index in [4.69, 9.17) is 5.41 Å². The molecule has 1 aromatic rings. The van der Waals surface area contributed by atoms with Crippen molar-refractivity contribution in [1.29, 1.82) is 5.41 Å². The Balaban J connectivity index is 2.72. The Morgan fingerprint density at radius 3 is 2.88 bits per heavy atom. The molecule has 3 nitrogen and oxygen atoms in total. The summed E-state index contributed by atoms with van der Waals surface area (Å²) in [6.45, 7) is 2.13. The molecule has 0 fully saturated rings. The fourth-order valence-electron chi connectivity index (χ4n) is 1.39. The van der Waals surface area contributed by atoms with E-state index in [0.29, 0.717) is 17.0 Å². The van der Waals surface area contributed by atoms with Crippen molar-refractivity contribution in [2.24, 2.45) is 5.18 Å². The summed E-state index contributed by atoms with van der Waals surface area (Å²) >= 11 is 0. The molecule has 1 aromatic carbocycles. The first-order valence-electron chi connectivity index (χ1n) is 5.47. The van der Waals surface area contributed by atoms with Gasteiger partial charge in [-0.05, 0) is 23.7 Å². The van der Waals surface area contributed by atoms with Crippen LogP contribution in [0.15, 0.2) is 41.6 Å². The normalized spacial score (nSPS) is 10.6. The van der Waals surface area contributed by atoms with Crippen LogP contribution in [-0.2, 0) is 0 Å². The third-order valence-electron chi connectivity index (χ3n) is 2.30. The average Bonchev–Trinajstić information content (AvgIpc) is 2.34. The van der Waals surface area contributed by atoms with E-state index >= 15 is 0 Å². The van der Waals surface area contributed by atoms with Crippen LogP contribution in [0, 0.1) is 10.3 Å². The van der Waals surface area contributed by atoms with Crippen LogP contribution in [0.5, 0.6) is 0 Å². The third kappa shape index (κ3) is 3.42. The lowest BCUT2D eigenvalue weighted by molar-refractivity contribution is 0.815. The Hall–Kier alpha value is -1.77. The molecule has 0 aromatic heterocycles. The molecular weight excluding hydrogens is 200 g/mol. The molecule has 0 aliphatic rings. The SMILES string of the molecule is CCCC/C=C\C(=N)c1ccccc1N=O. The number of benzene rings is 1. The van der Waals surface area contributed by atoms with Crippen molar-refractivity contribution in [2.75, 3.05) is 0 Å². The Bertz CT molecular complexity index is 397. The van der Waals surface area contributed by atoms with E-state index in [9.17, 15) is 4.91 Å². The lowest BCUT2D eigenvalue weighted by Gasteiger charge is -2.00. The maximum Gasteiger partial charge on any atom is 0.117 e. The van der Waals surface area contributed by atoms with Crippen LogP contribution >= 0.6 is 0 Å². The smallest absolute Gasteiger partial charge is 0.117 e. The zero-order valence-electron chi connectivity index (χ0n) is 9.44. The Labute approximate surface area is 95.7 Å². The summed E-state index contributed by atoms with van der Waals surface area (Å²) in [5, 5.41) is 10.7. The van der Waals surface area contributed by atoms with Crippen LogP contribution in [0.2, 0.25) is 0 Å². The molecule has 0 heterocycles. The quantitative estimate of drug-likeness (QED) is 0.432. The van der Waals surface area contributed by atoms with Crippen LogP contribution < -0.4 is 0 Å². The van der Waals surface area contributed by atoms with Gasteiger partial charge in [-0.2, -0.15) is 0 Å². The number of hydrogen-bond acceptors (Lipinski definition) is 3. The van der Waals surface area contributed by atoms with Crippen molar-refractivity contribution < 1.29 is 0 Å². The summed E-state index contributed by atoms with van der Waals surface area (Å²) in [6, 6.07) is 6.91. The van der Waals surface area contributed by atoms with Gasteiger partial charge < -0.3 is 5.41 Å². The van der Waals surface area contributed by atoms with E-state index in [0.717, 1.165) is 19.3 Å². The minimum absolute atomic E-state index is 0.327. The topological polar surface area (TPSA) is 53.3 Å². The molecule has 0 aliphatic heterocycles. The Morgan fingerprint density at radius 2 is 2.19 bits per heavy atom. The van der Waals surface area contributed by atoms with Gasteiger partial charge >= 0.3 is 0 Å². The van der Waals surface area contributed by atoms with Crippen molar-refractivity contribution >= 4 is 11.4 Å². The lowest BCUT2D eigenvalue weighted by Crippen LogP contribution is -1.94. The van der Waals surface area contributed by atoms with Crippen LogP contribution in [0.1, 0.15) is 31.7 Å². The molecular formula is C13H16N2O. The molecule has 0 amide bonds. The standard InChI is InChI=1S/C13H16N2O/c1-2-3-4-5-9-12(14)11-8-6-7-10-13(11)15-16/h5-10,14H,2-4H2,1H3/b9-5-,14-12?. The van der Waals surface area contributed by atoms with Gasteiger partial charge in [0, 0.05) is 5.56 Å². The van der Waals surface area contributed by atoms with Crippen LogP contribution in [0.3, 0.4) is 0 Å². The van der Waals surface area contributed by atoms with E-state index in [1.165, 1.54) is 0 Å². The number of nitrogens with one attached hydrogen (secondary N) is 1. The second kappa shape index (κ2) is 6.67. The highest BCUT2D eigenvalue weighted by atomic mass is 16.3. The fraction of sp³-hybridized carbons (Fsp3) is 0.308. The minimum Gasteiger partial charge on any atom is -0.300 e. The minimum atomic E-state index is 0.327. The van der Waals surface area contributed by atoms with E-state index in [2.05, 4.69) is 12.1 Å². The highest BCUT2D eigenvalue weighted by Gasteiger charge is 2.04. The van der Waals surface area contributed by atoms with Crippen molar-refractivity contribution in [2.45, 2.75) is 26.2 Å². The summed E-state index contributed by atoms with van der Waals surface area (Å²) in [4.78, 5) is 10.5. The second-order valence-electron chi connectivity index (χ2n) is 3.57. The van der Waals surface area contributed by atoms with Crippen LogP contribution in [0.25, 0.3) is 0 Å². The lowest BCUT2D eigenvalue weighted by atomic mass is 10.1. The van der Waals surface area contributed by atoms with Gasteiger partial charge in [0.25, 0.3) is 0 Å². The van der Waals surface area contributed by atoms with Gasteiger partial charge in [0.1, 0.15) is 5.69 Å². The zero-order valence-corrected chi connectivity index (χ0v) is 9.44. The number of rotatable bonds is 6. The van der Waals surface area contributed by atoms with Gasteiger partial charge in [-0.15, -0.1) is 4.91 Å². The number of allylic oxidation sites excluding steroid dienone is 2. The van der Waals surface area contributed by atoms with Gasteiger partial charge in [0.15, 0.2) is 0 Å². The molecule has 16 heavy (non-hydrogen) atoms. The first-order chi connectivity index (χ1) is 7.79. The average molecular weight is 216 g/mol. The fourth-order valence-corrected chi connectivity index (χ4v) is 1.39. The van der Waals surface area contributed by atoms with Crippen molar-refractivity contribution in [3.63, 3.8) is 0 Å².